The van der Waals surface area contributed by atoms with Crippen molar-refractivity contribution in [3.63, 3.8) is 0 Å². The minimum atomic E-state index is -4.18. The van der Waals surface area contributed by atoms with Crippen LogP contribution in [-0.4, -0.2) is 38.4 Å². The third-order valence-electron chi connectivity index (χ3n) is 7.86. The highest BCUT2D eigenvalue weighted by Gasteiger charge is 2.41. The molecule has 2 heterocycles. The molecule has 0 spiro atoms. The van der Waals surface area contributed by atoms with Crippen LogP contribution >= 0.6 is 23.2 Å². The highest BCUT2D eigenvalue weighted by molar-refractivity contribution is 7.92. The van der Waals surface area contributed by atoms with Crippen LogP contribution in [0.15, 0.2) is 54.7 Å². The van der Waals surface area contributed by atoms with E-state index in [4.69, 9.17) is 32.7 Å². The maximum atomic E-state index is 14.0. The zero-order valence-corrected chi connectivity index (χ0v) is 27.3. The lowest BCUT2D eigenvalue weighted by molar-refractivity contribution is -0.118. The van der Waals surface area contributed by atoms with E-state index >= 15 is 0 Å². The highest BCUT2D eigenvalue weighted by atomic mass is 35.5. The average molecular weight is 669 g/mol. The topological polar surface area (TPSA) is 106 Å². The van der Waals surface area contributed by atoms with Gasteiger partial charge in [0.2, 0.25) is 15.9 Å². The zero-order chi connectivity index (χ0) is 32.0. The Kier molecular flexibility index (Phi) is 8.41. The summed E-state index contributed by atoms with van der Waals surface area (Å²) in [5.41, 5.74) is 3.58. The Hall–Kier alpha value is -3.86. The molecule has 0 N–H and O–H groups in total. The SMILES string of the molecule is CCOc1c2c(c(OCC)c3ncccc13)CN(c1ccc(CS(=O)(=O)N(C(=O)C3CC3)c3ccc(Cl)cc3Cl)cc1C)C2=O. The number of carbonyl (C=O) groups excluding carboxylic acids is 2. The number of aromatic nitrogens is 1. The van der Waals surface area contributed by atoms with Gasteiger partial charge in [-0.3, -0.25) is 14.6 Å². The third-order valence-corrected chi connectivity index (χ3v) is 10.0. The van der Waals surface area contributed by atoms with Gasteiger partial charge in [-0.05, 0) is 81.1 Å². The van der Waals surface area contributed by atoms with Crippen LogP contribution in [-0.2, 0) is 27.1 Å². The fourth-order valence-electron chi connectivity index (χ4n) is 5.76. The summed E-state index contributed by atoms with van der Waals surface area (Å²) in [6.45, 7) is 6.54. The Morgan fingerprint density at radius 2 is 1.78 bits per heavy atom. The monoisotopic (exact) mass is 667 g/mol. The predicted octanol–water partition coefficient (Wildman–Crippen LogP) is 7.08. The molecule has 0 bridgehead atoms. The van der Waals surface area contributed by atoms with Crippen LogP contribution in [0.25, 0.3) is 10.9 Å². The summed E-state index contributed by atoms with van der Waals surface area (Å²) < 4.78 is 40.4. The number of amides is 2. The van der Waals surface area contributed by atoms with Crippen molar-refractivity contribution >= 4 is 67.3 Å². The fraction of sp³-hybridized carbons (Fsp3) is 0.303. The molecule has 9 nitrogen and oxygen atoms in total. The molecule has 3 aromatic carbocycles. The van der Waals surface area contributed by atoms with Gasteiger partial charge in [0.25, 0.3) is 5.91 Å². The van der Waals surface area contributed by atoms with Gasteiger partial charge in [0, 0.05) is 33.8 Å². The first-order valence-electron chi connectivity index (χ1n) is 14.7. The van der Waals surface area contributed by atoms with Crippen molar-refractivity contribution in [1.29, 1.82) is 0 Å². The number of rotatable bonds is 10. The highest BCUT2D eigenvalue weighted by Crippen LogP contribution is 2.46. The summed E-state index contributed by atoms with van der Waals surface area (Å²) in [7, 11) is -4.18. The number of nitrogens with zero attached hydrogens (tertiary/aromatic N) is 3. The molecule has 12 heteroatoms. The molecule has 0 unspecified atom stereocenters. The van der Waals surface area contributed by atoms with E-state index in [1.54, 1.807) is 35.4 Å². The summed E-state index contributed by atoms with van der Waals surface area (Å²) in [6.07, 6.45) is 2.92. The maximum Gasteiger partial charge on any atom is 0.262 e. The minimum Gasteiger partial charge on any atom is -0.492 e. The molecule has 1 aliphatic heterocycles. The molecule has 1 fully saturated rings. The van der Waals surface area contributed by atoms with Gasteiger partial charge < -0.3 is 14.4 Å². The smallest absolute Gasteiger partial charge is 0.262 e. The second-order valence-electron chi connectivity index (χ2n) is 11.0. The molecule has 1 saturated carbocycles. The molecule has 234 valence electrons. The first-order chi connectivity index (χ1) is 21.6. The lowest BCUT2D eigenvalue weighted by Crippen LogP contribution is -2.39. The van der Waals surface area contributed by atoms with E-state index in [2.05, 4.69) is 4.98 Å². The Bertz CT molecular complexity index is 1960. The number of anilines is 2. The standard InChI is InChI=1S/C33H31Cl2N3O6S/c1-4-43-30-23-7-6-14-36-29(23)31(44-5-2)24-17-37(33(40)28(24)30)26-12-8-20(15-19(26)3)18-45(41,42)38(32(39)21-9-10-21)27-13-11-22(34)16-25(27)35/h6-8,11-16,21H,4-5,9-10,17-18H2,1-3H3. The van der Waals surface area contributed by atoms with Crippen LogP contribution in [0.5, 0.6) is 11.5 Å². The number of sulfonamides is 1. The van der Waals surface area contributed by atoms with Crippen molar-refractivity contribution in [1.82, 2.24) is 4.98 Å². The quantitative estimate of drug-likeness (QED) is 0.178. The van der Waals surface area contributed by atoms with Crippen molar-refractivity contribution < 1.29 is 27.5 Å². The number of benzene rings is 3. The summed E-state index contributed by atoms with van der Waals surface area (Å²) >= 11 is 12.4. The van der Waals surface area contributed by atoms with Crippen molar-refractivity contribution in [2.75, 3.05) is 22.4 Å². The van der Waals surface area contributed by atoms with E-state index in [0.29, 0.717) is 81.4 Å². The van der Waals surface area contributed by atoms with E-state index in [-0.39, 0.29) is 29.1 Å². The summed E-state index contributed by atoms with van der Waals surface area (Å²) in [5.74, 6) is -0.558. The number of ether oxygens (including phenoxy) is 2. The van der Waals surface area contributed by atoms with Gasteiger partial charge in [-0.2, -0.15) is 0 Å². The Balaban J connectivity index is 1.34. The van der Waals surface area contributed by atoms with Crippen LogP contribution in [0.2, 0.25) is 10.0 Å². The predicted molar refractivity (Wildman–Crippen MR) is 175 cm³/mol. The second-order valence-corrected chi connectivity index (χ2v) is 13.7. The normalized spacial score (nSPS) is 14.5. The van der Waals surface area contributed by atoms with Crippen molar-refractivity contribution in [3.05, 3.63) is 87.0 Å². The molecule has 0 radical (unpaired) electrons. The lowest BCUT2D eigenvalue weighted by atomic mass is 10.0. The largest absolute Gasteiger partial charge is 0.492 e. The molecule has 2 amide bonds. The molecule has 0 saturated heterocycles. The number of hydrogen-bond donors (Lipinski definition) is 0. The van der Waals surface area contributed by atoms with Gasteiger partial charge in [0.05, 0.1) is 41.8 Å². The molecule has 0 atom stereocenters. The summed E-state index contributed by atoms with van der Waals surface area (Å²) in [4.78, 5) is 33.4. The number of hydrogen-bond acceptors (Lipinski definition) is 7. The average Bonchev–Trinajstić information content (AvgIpc) is 3.79. The molecular formula is C33H31Cl2N3O6S. The van der Waals surface area contributed by atoms with Crippen molar-refractivity contribution in [2.45, 2.75) is 45.9 Å². The van der Waals surface area contributed by atoms with E-state index in [1.807, 2.05) is 26.8 Å². The van der Waals surface area contributed by atoms with Gasteiger partial charge in [-0.1, -0.05) is 35.3 Å². The van der Waals surface area contributed by atoms with Crippen molar-refractivity contribution in [2.24, 2.45) is 5.92 Å². The molecule has 45 heavy (non-hydrogen) atoms. The minimum absolute atomic E-state index is 0.0689. The summed E-state index contributed by atoms with van der Waals surface area (Å²) in [6, 6.07) is 13.1. The van der Waals surface area contributed by atoms with E-state index in [9.17, 15) is 18.0 Å². The van der Waals surface area contributed by atoms with Crippen LogP contribution in [0, 0.1) is 12.8 Å². The van der Waals surface area contributed by atoms with Gasteiger partial charge in [-0.15, -0.1) is 0 Å². The van der Waals surface area contributed by atoms with E-state index < -0.39 is 21.7 Å². The van der Waals surface area contributed by atoms with Crippen LogP contribution < -0.4 is 18.7 Å². The number of halogens is 2. The van der Waals surface area contributed by atoms with Crippen LogP contribution in [0.3, 0.4) is 0 Å². The molecule has 1 aliphatic carbocycles. The van der Waals surface area contributed by atoms with Crippen LogP contribution in [0.1, 0.15) is 53.7 Å². The summed E-state index contributed by atoms with van der Waals surface area (Å²) in [5, 5.41) is 1.09. The third kappa shape index (κ3) is 5.71. The molecular weight excluding hydrogens is 637 g/mol. The zero-order valence-electron chi connectivity index (χ0n) is 25.0. The maximum absolute atomic E-state index is 14.0. The first kappa shape index (κ1) is 31.1. The van der Waals surface area contributed by atoms with Gasteiger partial charge in [-0.25, -0.2) is 12.7 Å². The Morgan fingerprint density at radius 1 is 1.04 bits per heavy atom. The van der Waals surface area contributed by atoms with E-state index in [1.165, 1.54) is 18.2 Å². The number of pyridine rings is 1. The first-order valence-corrected chi connectivity index (χ1v) is 17.0. The van der Waals surface area contributed by atoms with Gasteiger partial charge in [0.15, 0.2) is 5.75 Å². The number of fused-ring (bicyclic) bond motifs is 2. The van der Waals surface area contributed by atoms with Crippen molar-refractivity contribution in [3.8, 4) is 11.5 Å². The molecule has 6 rings (SSSR count). The second kappa shape index (κ2) is 12.2. The Morgan fingerprint density at radius 3 is 2.44 bits per heavy atom. The number of carbonyl (C=O) groups is 2. The van der Waals surface area contributed by atoms with Gasteiger partial charge >= 0.3 is 0 Å². The fourth-order valence-corrected chi connectivity index (χ4v) is 7.92. The van der Waals surface area contributed by atoms with Crippen LogP contribution in [0.4, 0.5) is 11.4 Å². The lowest BCUT2D eigenvalue weighted by Gasteiger charge is -2.24. The molecule has 2 aliphatic rings. The molecule has 4 aromatic rings. The molecule has 1 aromatic heterocycles. The van der Waals surface area contributed by atoms with E-state index in [0.717, 1.165) is 4.31 Å². The number of aryl methyl sites for hydroxylation is 1. The Labute approximate surface area is 271 Å². The van der Waals surface area contributed by atoms with Gasteiger partial charge in [0.1, 0.15) is 11.3 Å².